The first-order valence-corrected chi connectivity index (χ1v) is 9.88. The van der Waals surface area contributed by atoms with E-state index in [0.717, 1.165) is 11.1 Å². The Hall–Kier alpha value is -4.26. The minimum atomic E-state index is -0.313. The van der Waals surface area contributed by atoms with Crippen molar-refractivity contribution >= 4 is 5.91 Å². The summed E-state index contributed by atoms with van der Waals surface area (Å²) in [7, 11) is 1.57. The minimum absolute atomic E-state index is 0.240. The summed E-state index contributed by atoms with van der Waals surface area (Å²) >= 11 is 0. The van der Waals surface area contributed by atoms with Gasteiger partial charge in [0.15, 0.2) is 11.5 Å². The first-order valence-electron chi connectivity index (χ1n) is 9.88. The summed E-state index contributed by atoms with van der Waals surface area (Å²) in [5.41, 5.74) is 2.64. The monoisotopic (exact) mass is 429 g/mol. The summed E-state index contributed by atoms with van der Waals surface area (Å²) in [6.45, 7) is 0.299. The molecule has 6 nitrogen and oxygen atoms in total. The Balaban J connectivity index is 1.49. The van der Waals surface area contributed by atoms with Crippen molar-refractivity contribution in [2.24, 2.45) is 0 Å². The Kier molecular flexibility index (Phi) is 6.36. The first-order chi connectivity index (χ1) is 15.6. The molecule has 4 aromatic rings. The average Bonchev–Trinajstić information content (AvgIpc) is 2.84. The maximum absolute atomic E-state index is 13.0. The van der Waals surface area contributed by atoms with E-state index in [2.05, 4.69) is 15.3 Å². The standard InChI is InChI=1S/C25H20FN3O3/c1-31-22-7-2-3-8-23(22)32-24-14-21(28-16-29-24)18-5-4-6-19(13-18)25(30)27-15-17-9-11-20(26)12-10-17/h2-14,16H,15H2,1H3,(H,27,30). The van der Waals surface area contributed by atoms with Gasteiger partial charge in [0.1, 0.15) is 12.1 Å². The second-order valence-electron chi connectivity index (χ2n) is 6.88. The molecule has 0 aliphatic rings. The van der Waals surface area contributed by atoms with Crippen LogP contribution < -0.4 is 14.8 Å². The molecule has 1 aromatic heterocycles. The fourth-order valence-electron chi connectivity index (χ4n) is 3.08. The van der Waals surface area contributed by atoms with E-state index in [1.165, 1.54) is 18.5 Å². The number of halogens is 1. The predicted molar refractivity (Wildman–Crippen MR) is 118 cm³/mol. The van der Waals surface area contributed by atoms with Crippen LogP contribution in [-0.2, 0) is 6.54 Å². The van der Waals surface area contributed by atoms with Gasteiger partial charge in [0.2, 0.25) is 5.88 Å². The third-order valence-electron chi connectivity index (χ3n) is 4.71. The molecule has 4 rings (SSSR count). The largest absolute Gasteiger partial charge is 0.493 e. The molecule has 0 radical (unpaired) electrons. The van der Waals surface area contributed by atoms with Gasteiger partial charge in [-0.3, -0.25) is 4.79 Å². The van der Waals surface area contributed by atoms with Crippen LogP contribution >= 0.6 is 0 Å². The van der Waals surface area contributed by atoms with Crippen LogP contribution in [0.15, 0.2) is 85.2 Å². The highest BCUT2D eigenvalue weighted by Crippen LogP contribution is 2.31. The molecule has 1 amide bonds. The van der Waals surface area contributed by atoms with Crippen molar-refractivity contribution in [3.05, 3.63) is 102 Å². The lowest BCUT2D eigenvalue weighted by molar-refractivity contribution is 0.0951. The summed E-state index contributed by atoms with van der Waals surface area (Å²) in [5, 5.41) is 2.84. The van der Waals surface area contributed by atoms with Crippen molar-refractivity contribution in [1.29, 1.82) is 0 Å². The fourth-order valence-corrected chi connectivity index (χ4v) is 3.08. The van der Waals surface area contributed by atoms with Gasteiger partial charge in [-0.1, -0.05) is 36.4 Å². The van der Waals surface area contributed by atoms with E-state index in [1.54, 1.807) is 55.6 Å². The van der Waals surface area contributed by atoms with Crippen LogP contribution in [0.4, 0.5) is 4.39 Å². The molecular formula is C25H20FN3O3. The minimum Gasteiger partial charge on any atom is -0.493 e. The predicted octanol–water partition coefficient (Wildman–Crippen LogP) is 5.01. The molecule has 0 aliphatic heterocycles. The topological polar surface area (TPSA) is 73.3 Å². The summed E-state index contributed by atoms with van der Waals surface area (Å²) in [6.07, 6.45) is 1.40. The van der Waals surface area contributed by atoms with Gasteiger partial charge in [-0.25, -0.2) is 14.4 Å². The van der Waals surface area contributed by atoms with Crippen LogP contribution in [-0.4, -0.2) is 23.0 Å². The number of methoxy groups -OCH3 is 1. The molecule has 0 spiro atoms. The number of hydrogen-bond acceptors (Lipinski definition) is 5. The molecule has 32 heavy (non-hydrogen) atoms. The maximum atomic E-state index is 13.0. The van der Waals surface area contributed by atoms with Crippen molar-refractivity contribution in [3.63, 3.8) is 0 Å². The van der Waals surface area contributed by atoms with Gasteiger partial charge >= 0.3 is 0 Å². The molecule has 0 fully saturated rings. The first kappa shape index (κ1) is 21.0. The second-order valence-corrected chi connectivity index (χ2v) is 6.88. The van der Waals surface area contributed by atoms with Crippen molar-refractivity contribution in [2.75, 3.05) is 7.11 Å². The molecule has 0 unspecified atom stereocenters. The number of para-hydroxylation sites is 2. The highest BCUT2D eigenvalue weighted by Gasteiger charge is 2.11. The van der Waals surface area contributed by atoms with Crippen LogP contribution in [0.1, 0.15) is 15.9 Å². The molecule has 0 aliphatic carbocycles. The number of carbonyl (C=O) groups is 1. The molecule has 1 N–H and O–H groups in total. The number of hydrogen-bond donors (Lipinski definition) is 1. The number of rotatable bonds is 7. The van der Waals surface area contributed by atoms with Crippen molar-refractivity contribution in [1.82, 2.24) is 15.3 Å². The summed E-state index contributed by atoms with van der Waals surface area (Å²) < 4.78 is 24.2. The summed E-state index contributed by atoms with van der Waals surface area (Å²) in [4.78, 5) is 21.1. The zero-order chi connectivity index (χ0) is 22.3. The van der Waals surface area contributed by atoms with Gasteiger partial charge in [-0.05, 0) is 42.0 Å². The second kappa shape index (κ2) is 9.70. The fraction of sp³-hybridized carbons (Fsp3) is 0.0800. The van der Waals surface area contributed by atoms with Crippen LogP contribution in [0.3, 0.4) is 0 Å². The van der Waals surface area contributed by atoms with Crippen molar-refractivity contribution in [2.45, 2.75) is 6.54 Å². The quantitative estimate of drug-likeness (QED) is 0.447. The summed E-state index contributed by atoms with van der Waals surface area (Å²) in [5.74, 6) is 0.925. The van der Waals surface area contributed by atoms with E-state index in [9.17, 15) is 9.18 Å². The molecule has 0 saturated heterocycles. The van der Waals surface area contributed by atoms with E-state index in [-0.39, 0.29) is 11.7 Å². The lowest BCUT2D eigenvalue weighted by Gasteiger charge is -2.10. The molecule has 160 valence electrons. The van der Waals surface area contributed by atoms with Gasteiger partial charge < -0.3 is 14.8 Å². The Morgan fingerprint density at radius 1 is 0.938 bits per heavy atom. The number of amides is 1. The van der Waals surface area contributed by atoms with E-state index < -0.39 is 0 Å². The number of nitrogens with zero attached hydrogens (tertiary/aromatic N) is 2. The lowest BCUT2D eigenvalue weighted by atomic mass is 10.1. The molecule has 1 heterocycles. The van der Waals surface area contributed by atoms with E-state index >= 15 is 0 Å². The smallest absolute Gasteiger partial charge is 0.251 e. The number of ether oxygens (including phenoxy) is 2. The molecule has 0 atom stereocenters. The molecule has 3 aromatic carbocycles. The highest BCUT2D eigenvalue weighted by molar-refractivity contribution is 5.95. The lowest BCUT2D eigenvalue weighted by Crippen LogP contribution is -2.22. The van der Waals surface area contributed by atoms with Crippen molar-refractivity contribution < 1.29 is 18.7 Å². The molecular weight excluding hydrogens is 409 g/mol. The Morgan fingerprint density at radius 2 is 1.72 bits per heavy atom. The SMILES string of the molecule is COc1ccccc1Oc1cc(-c2cccc(C(=O)NCc3ccc(F)cc3)c2)ncn1. The van der Waals surface area contributed by atoms with Crippen LogP contribution in [0.25, 0.3) is 11.3 Å². The van der Waals surface area contributed by atoms with Crippen LogP contribution in [0.2, 0.25) is 0 Å². The van der Waals surface area contributed by atoms with Gasteiger partial charge in [-0.2, -0.15) is 0 Å². The zero-order valence-corrected chi connectivity index (χ0v) is 17.3. The van der Waals surface area contributed by atoms with Crippen LogP contribution in [0, 0.1) is 5.82 Å². The van der Waals surface area contributed by atoms with Gasteiger partial charge in [0.05, 0.1) is 12.8 Å². The van der Waals surface area contributed by atoms with E-state index in [0.29, 0.717) is 35.2 Å². The summed E-state index contributed by atoms with van der Waals surface area (Å²) in [6, 6.07) is 22.1. The normalized spacial score (nSPS) is 10.4. The van der Waals surface area contributed by atoms with E-state index in [1.807, 2.05) is 18.2 Å². The zero-order valence-electron chi connectivity index (χ0n) is 17.3. The number of aromatic nitrogens is 2. The third-order valence-corrected chi connectivity index (χ3v) is 4.71. The van der Waals surface area contributed by atoms with Gasteiger partial charge in [0.25, 0.3) is 5.91 Å². The van der Waals surface area contributed by atoms with E-state index in [4.69, 9.17) is 9.47 Å². The van der Waals surface area contributed by atoms with Crippen LogP contribution in [0.5, 0.6) is 17.4 Å². The Bertz CT molecular complexity index is 1230. The maximum Gasteiger partial charge on any atom is 0.251 e. The van der Waals surface area contributed by atoms with Gasteiger partial charge in [0, 0.05) is 23.7 Å². The number of benzene rings is 3. The Labute approximate surface area is 184 Å². The highest BCUT2D eigenvalue weighted by atomic mass is 19.1. The Morgan fingerprint density at radius 3 is 2.50 bits per heavy atom. The molecule has 0 saturated carbocycles. The average molecular weight is 429 g/mol. The third kappa shape index (κ3) is 5.07. The number of carbonyl (C=O) groups excluding carboxylic acids is 1. The number of nitrogens with one attached hydrogen (secondary N) is 1. The van der Waals surface area contributed by atoms with Crippen molar-refractivity contribution in [3.8, 4) is 28.6 Å². The van der Waals surface area contributed by atoms with Gasteiger partial charge in [-0.15, -0.1) is 0 Å². The molecule has 0 bridgehead atoms. The molecule has 7 heteroatoms.